The second-order valence-electron chi connectivity index (χ2n) is 7.07. The number of carbonyl (C=O) groups excluding carboxylic acids is 1. The van der Waals surface area contributed by atoms with Gasteiger partial charge < -0.3 is 15.2 Å². The summed E-state index contributed by atoms with van der Waals surface area (Å²) >= 11 is 0.331. The molecule has 1 aliphatic rings. The third-order valence-electron chi connectivity index (χ3n) is 4.81. The summed E-state index contributed by atoms with van der Waals surface area (Å²) < 4.78 is 16.0. The molecule has 3 aromatic carbocycles. The highest BCUT2D eigenvalue weighted by Crippen LogP contribution is 2.28. The Morgan fingerprint density at radius 1 is 0.968 bits per heavy atom. The predicted molar refractivity (Wildman–Crippen MR) is 130 cm³/mol. The van der Waals surface area contributed by atoms with E-state index in [1.165, 1.54) is 0 Å². The van der Waals surface area contributed by atoms with Crippen LogP contribution in [0.3, 0.4) is 0 Å². The van der Waals surface area contributed by atoms with Crippen LogP contribution in [0.25, 0.3) is 11.1 Å². The fourth-order valence-corrected chi connectivity index (χ4v) is 5.16. The van der Waals surface area contributed by atoms with Crippen LogP contribution in [-0.2, 0) is 11.4 Å². The van der Waals surface area contributed by atoms with Crippen LogP contribution in [0.5, 0.6) is 0 Å². The predicted octanol–water partition coefficient (Wildman–Crippen LogP) is 5.49. The summed E-state index contributed by atoms with van der Waals surface area (Å²) in [5, 5.41) is 7.78. The fraction of sp³-hybridized carbons (Fsp3) is 0.125. The van der Waals surface area contributed by atoms with E-state index in [1.807, 2.05) is 54.6 Å². The number of urea groups is 1. The van der Waals surface area contributed by atoms with Crippen molar-refractivity contribution in [1.82, 2.24) is 5.32 Å². The van der Waals surface area contributed by atoms with Gasteiger partial charge in [0.05, 0.1) is 5.69 Å². The van der Waals surface area contributed by atoms with Gasteiger partial charge in [0, 0.05) is 29.5 Å². The Morgan fingerprint density at radius 2 is 1.68 bits per heavy atom. The zero-order chi connectivity index (χ0) is 21.5. The smallest absolute Gasteiger partial charge is 0.319 e. The molecule has 0 fully saturated rings. The van der Waals surface area contributed by atoms with Gasteiger partial charge in [-0.3, -0.25) is 0 Å². The van der Waals surface area contributed by atoms with Gasteiger partial charge in [0.1, 0.15) is 11.4 Å². The largest absolute Gasteiger partial charge is 0.588 e. The lowest BCUT2D eigenvalue weighted by Crippen LogP contribution is -2.32. The molecule has 3 aromatic rings. The van der Waals surface area contributed by atoms with Crippen LogP contribution in [0.2, 0.25) is 0 Å². The minimum atomic E-state index is -1.43. The highest BCUT2D eigenvalue weighted by molar-refractivity contribution is 8.02. The van der Waals surface area contributed by atoms with E-state index < -0.39 is 11.4 Å². The Labute approximate surface area is 189 Å². The summed E-state index contributed by atoms with van der Waals surface area (Å²) in [4.78, 5) is 12.8. The van der Waals surface area contributed by atoms with E-state index in [0.717, 1.165) is 21.8 Å². The molecule has 0 saturated heterocycles. The molecular formula is C24H23N3O2S2. The summed E-state index contributed by atoms with van der Waals surface area (Å²) in [5.41, 5.74) is 3.33. The minimum absolute atomic E-state index is 0.230. The summed E-state index contributed by atoms with van der Waals surface area (Å²) in [5.74, 6) is 1.39. The maximum atomic E-state index is 13.0. The van der Waals surface area contributed by atoms with Crippen LogP contribution >= 0.6 is 11.8 Å². The Morgan fingerprint density at radius 3 is 2.42 bits per heavy atom. The number of hydrogen-bond acceptors (Lipinski definition) is 4. The van der Waals surface area contributed by atoms with Gasteiger partial charge in [-0.25, -0.2) is 9.52 Å². The number of amides is 2. The van der Waals surface area contributed by atoms with E-state index in [2.05, 4.69) is 26.8 Å². The molecule has 0 radical (unpaired) electrons. The Bertz CT molecular complexity index is 1040. The molecule has 0 aliphatic carbocycles. The molecule has 31 heavy (non-hydrogen) atoms. The van der Waals surface area contributed by atoms with Gasteiger partial charge in [0.25, 0.3) is 0 Å². The van der Waals surface area contributed by atoms with Crippen LogP contribution < -0.4 is 15.4 Å². The summed E-state index contributed by atoms with van der Waals surface area (Å²) in [6.45, 7) is 0.620. The summed E-state index contributed by atoms with van der Waals surface area (Å²) in [7, 11) is 0. The maximum absolute atomic E-state index is 13.0. The molecule has 2 atom stereocenters. The molecule has 2 unspecified atom stereocenters. The van der Waals surface area contributed by atoms with Crippen LogP contribution in [0.15, 0.2) is 95.2 Å². The zero-order valence-corrected chi connectivity index (χ0v) is 18.4. The van der Waals surface area contributed by atoms with Crippen molar-refractivity contribution in [2.45, 2.75) is 4.90 Å². The molecule has 4 rings (SSSR count). The maximum Gasteiger partial charge on any atom is 0.319 e. The van der Waals surface area contributed by atoms with E-state index in [1.54, 1.807) is 36.0 Å². The first kappa shape index (κ1) is 21.4. The first-order chi connectivity index (χ1) is 15.2. The van der Waals surface area contributed by atoms with Crippen molar-refractivity contribution >= 4 is 40.5 Å². The van der Waals surface area contributed by atoms with Crippen molar-refractivity contribution in [3.8, 4) is 11.1 Å². The van der Waals surface area contributed by atoms with Crippen molar-refractivity contribution in [3.05, 3.63) is 90.3 Å². The Hall–Kier alpha value is -2.87. The zero-order valence-electron chi connectivity index (χ0n) is 16.8. The Kier molecular flexibility index (Phi) is 7.19. The van der Waals surface area contributed by atoms with E-state index >= 15 is 0 Å². The van der Waals surface area contributed by atoms with Crippen LogP contribution in [-0.4, -0.2) is 22.9 Å². The number of anilines is 2. The fourth-order valence-electron chi connectivity index (χ4n) is 3.20. The molecule has 0 bridgehead atoms. The van der Waals surface area contributed by atoms with E-state index in [-0.39, 0.29) is 6.03 Å². The molecule has 0 aromatic heterocycles. The lowest BCUT2D eigenvalue weighted by molar-refractivity contribution is 0.251. The van der Waals surface area contributed by atoms with Gasteiger partial charge in [0.2, 0.25) is 0 Å². The number of benzene rings is 3. The average molecular weight is 450 g/mol. The van der Waals surface area contributed by atoms with Gasteiger partial charge in [0.15, 0.2) is 4.90 Å². The monoisotopic (exact) mass is 449 g/mol. The average Bonchev–Trinajstić information content (AvgIpc) is 3.33. The van der Waals surface area contributed by atoms with Gasteiger partial charge >= 0.3 is 6.03 Å². The van der Waals surface area contributed by atoms with Crippen LogP contribution in [0.1, 0.15) is 0 Å². The van der Waals surface area contributed by atoms with Crippen molar-refractivity contribution in [3.63, 3.8) is 0 Å². The summed E-state index contributed by atoms with van der Waals surface area (Å²) in [6.07, 6.45) is 2.11. The van der Waals surface area contributed by atoms with Crippen LogP contribution in [0, 0.1) is 5.92 Å². The quantitative estimate of drug-likeness (QED) is 0.417. The first-order valence-electron chi connectivity index (χ1n) is 9.95. The van der Waals surface area contributed by atoms with Gasteiger partial charge in [-0.2, -0.15) is 0 Å². The number of rotatable bonds is 7. The van der Waals surface area contributed by atoms with Crippen molar-refractivity contribution in [2.75, 3.05) is 22.3 Å². The van der Waals surface area contributed by atoms with E-state index in [9.17, 15) is 9.35 Å². The highest BCUT2D eigenvalue weighted by atomic mass is 32.2. The molecular weight excluding hydrogens is 426 g/mol. The van der Waals surface area contributed by atoms with E-state index in [4.69, 9.17) is 0 Å². The molecule has 5 nitrogen and oxygen atoms in total. The lowest BCUT2D eigenvalue weighted by Gasteiger charge is -2.15. The topological polar surface area (TPSA) is 76.2 Å². The molecule has 1 aliphatic heterocycles. The molecule has 0 saturated carbocycles. The third-order valence-corrected chi connectivity index (χ3v) is 6.95. The lowest BCUT2D eigenvalue weighted by atomic mass is 10.1. The van der Waals surface area contributed by atoms with Gasteiger partial charge in [-0.15, -0.1) is 11.8 Å². The van der Waals surface area contributed by atoms with E-state index in [0.29, 0.717) is 23.8 Å². The highest BCUT2D eigenvalue weighted by Gasteiger charge is 2.18. The Balaban J connectivity index is 1.36. The first-order valence-corrected chi connectivity index (χ1v) is 12.1. The molecule has 3 N–H and O–H groups in total. The summed E-state index contributed by atoms with van der Waals surface area (Å²) in [6, 6.07) is 24.5. The molecule has 158 valence electrons. The standard InChI is InChI=1S/C24H23N3O2S2/c28-24(25-16-18-14-15-30-17-18)26-20-10-12-21(13-11-20)27-31(29)23-9-5-4-8-22(23)19-6-2-1-3-7-19/h1-15,18,27H,16-17H2,(H2,25,26,28). The van der Waals surface area contributed by atoms with Crippen molar-refractivity contribution in [1.29, 1.82) is 0 Å². The normalized spacial score (nSPS) is 16.0. The molecule has 2 amide bonds. The van der Waals surface area contributed by atoms with Gasteiger partial charge in [-0.1, -0.05) is 48.5 Å². The molecule has 0 spiro atoms. The second-order valence-corrected chi connectivity index (χ2v) is 9.19. The minimum Gasteiger partial charge on any atom is -0.588 e. The molecule has 7 heteroatoms. The van der Waals surface area contributed by atoms with Crippen molar-refractivity contribution in [2.24, 2.45) is 5.92 Å². The van der Waals surface area contributed by atoms with Crippen LogP contribution in [0.4, 0.5) is 16.2 Å². The number of carbonyl (C=O) groups is 1. The molecule has 1 heterocycles. The number of nitrogens with one attached hydrogen (secondary N) is 3. The van der Waals surface area contributed by atoms with Crippen molar-refractivity contribution < 1.29 is 9.35 Å². The number of thioether (sulfide) groups is 1. The third kappa shape index (κ3) is 5.85. The SMILES string of the molecule is O=C(NCC1C=CSC1)Nc1ccc(N[S+]([O-])c2ccccc2-c2ccccc2)cc1. The van der Waals surface area contributed by atoms with Gasteiger partial charge in [-0.05, 0) is 47.4 Å². The second kappa shape index (κ2) is 10.4. The number of hydrogen-bond donors (Lipinski definition) is 3.